The molecular formula is C16H21N3O. The fraction of sp³-hybridized carbons (Fsp3) is 0.375. The highest BCUT2D eigenvalue weighted by Gasteiger charge is 2.11. The zero-order valence-corrected chi connectivity index (χ0v) is 12.0. The number of nitrogens with one attached hydrogen (secondary N) is 1. The van der Waals surface area contributed by atoms with Gasteiger partial charge in [0, 0.05) is 18.8 Å². The Balaban J connectivity index is 2.08. The van der Waals surface area contributed by atoms with Gasteiger partial charge in [-0.05, 0) is 24.1 Å². The van der Waals surface area contributed by atoms with Gasteiger partial charge in [-0.1, -0.05) is 38.8 Å². The molecule has 0 saturated heterocycles. The van der Waals surface area contributed by atoms with E-state index in [1.807, 2.05) is 36.5 Å². The summed E-state index contributed by atoms with van der Waals surface area (Å²) >= 11 is 0. The molecule has 0 saturated carbocycles. The maximum Gasteiger partial charge on any atom is 0.224 e. The lowest BCUT2D eigenvalue weighted by atomic mass is 10.0. The molecule has 106 valence electrons. The number of aromatic nitrogens is 2. The number of carbonyl (C=O) groups excluding carboxylic acids is 1. The van der Waals surface area contributed by atoms with Crippen LogP contribution in [0.4, 0.5) is 5.69 Å². The first-order valence-electron chi connectivity index (χ1n) is 7.09. The zero-order chi connectivity index (χ0) is 14.4. The normalized spacial score (nSPS) is 12.1. The number of carbonyl (C=O) groups is 1. The molecule has 0 aliphatic carbocycles. The molecule has 1 aromatic carbocycles. The van der Waals surface area contributed by atoms with Crippen LogP contribution >= 0.6 is 0 Å². The predicted octanol–water partition coefficient (Wildman–Crippen LogP) is 3.64. The summed E-state index contributed by atoms with van der Waals surface area (Å²) in [4.78, 5) is 12.1. The first-order chi connectivity index (χ1) is 9.70. The van der Waals surface area contributed by atoms with Crippen LogP contribution in [0.5, 0.6) is 0 Å². The van der Waals surface area contributed by atoms with E-state index in [1.165, 1.54) is 0 Å². The number of hydrogen-bond acceptors (Lipinski definition) is 2. The number of para-hydroxylation sites is 2. The Morgan fingerprint density at radius 3 is 2.85 bits per heavy atom. The summed E-state index contributed by atoms with van der Waals surface area (Å²) in [5, 5.41) is 7.20. The quantitative estimate of drug-likeness (QED) is 0.872. The minimum atomic E-state index is 0.0607. The van der Waals surface area contributed by atoms with Gasteiger partial charge >= 0.3 is 0 Å². The molecule has 1 N–H and O–H groups in total. The lowest BCUT2D eigenvalue weighted by molar-refractivity contribution is -0.117. The second kappa shape index (κ2) is 6.89. The van der Waals surface area contributed by atoms with Gasteiger partial charge in [-0.3, -0.25) is 4.79 Å². The molecule has 0 aliphatic heterocycles. The molecular weight excluding hydrogens is 250 g/mol. The first-order valence-corrected chi connectivity index (χ1v) is 7.09. The van der Waals surface area contributed by atoms with E-state index in [-0.39, 0.29) is 5.91 Å². The molecule has 0 spiro atoms. The van der Waals surface area contributed by atoms with Crippen molar-refractivity contribution in [3.63, 3.8) is 0 Å². The molecule has 0 radical (unpaired) electrons. The molecule has 1 amide bonds. The van der Waals surface area contributed by atoms with Crippen LogP contribution in [0, 0.1) is 5.92 Å². The fourth-order valence-corrected chi connectivity index (χ4v) is 2.30. The second-order valence-corrected chi connectivity index (χ2v) is 5.11. The lowest BCUT2D eigenvalue weighted by Crippen LogP contribution is -2.16. The molecule has 0 bridgehead atoms. The molecule has 2 rings (SSSR count). The second-order valence-electron chi connectivity index (χ2n) is 5.11. The van der Waals surface area contributed by atoms with Crippen LogP contribution in [0.3, 0.4) is 0 Å². The maximum absolute atomic E-state index is 12.1. The van der Waals surface area contributed by atoms with Crippen molar-refractivity contribution in [2.75, 3.05) is 5.32 Å². The van der Waals surface area contributed by atoms with Crippen LogP contribution < -0.4 is 5.32 Å². The van der Waals surface area contributed by atoms with Gasteiger partial charge in [-0.15, -0.1) is 0 Å². The number of nitrogens with zero attached hydrogens (tertiary/aromatic N) is 2. The molecule has 2 aromatic rings. The molecule has 20 heavy (non-hydrogen) atoms. The standard InChI is InChI=1S/C16H21N3O/c1-3-7-13(2)12-16(20)18-14-8-4-5-9-15(14)19-11-6-10-17-19/h4-6,8-11,13H,3,7,12H2,1-2H3,(H,18,20). The average Bonchev–Trinajstić information content (AvgIpc) is 2.93. The Kier molecular flexibility index (Phi) is 4.93. The number of benzene rings is 1. The highest BCUT2D eigenvalue weighted by molar-refractivity contribution is 5.92. The van der Waals surface area contributed by atoms with Crippen LogP contribution in [0.2, 0.25) is 0 Å². The topological polar surface area (TPSA) is 46.9 Å². The van der Waals surface area contributed by atoms with E-state index in [0.717, 1.165) is 24.2 Å². The number of hydrogen-bond donors (Lipinski definition) is 1. The number of amides is 1. The van der Waals surface area contributed by atoms with Gasteiger partial charge in [0.15, 0.2) is 0 Å². The van der Waals surface area contributed by atoms with Gasteiger partial charge in [0.25, 0.3) is 0 Å². The van der Waals surface area contributed by atoms with Gasteiger partial charge < -0.3 is 5.32 Å². The summed E-state index contributed by atoms with van der Waals surface area (Å²) in [6.07, 6.45) is 6.33. The van der Waals surface area contributed by atoms with Crippen LogP contribution in [0.1, 0.15) is 33.1 Å². The third-order valence-corrected chi connectivity index (χ3v) is 3.24. The van der Waals surface area contributed by atoms with Crippen LogP contribution in [-0.4, -0.2) is 15.7 Å². The van der Waals surface area contributed by atoms with E-state index in [2.05, 4.69) is 24.3 Å². The average molecular weight is 271 g/mol. The molecule has 1 atom stereocenters. The van der Waals surface area contributed by atoms with Gasteiger partial charge in [-0.25, -0.2) is 4.68 Å². The third-order valence-electron chi connectivity index (χ3n) is 3.24. The minimum Gasteiger partial charge on any atom is -0.324 e. The van der Waals surface area contributed by atoms with Crippen molar-refractivity contribution in [1.29, 1.82) is 0 Å². The minimum absolute atomic E-state index is 0.0607. The Bertz CT molecular complexity index is 549. The monoisotopic (exact) mass is 271 g/mol. The molecule has 0 fully saturated rings. The van der Waals surface area contributed by atoms with Crippen molar-refractivity contribution in [3.8, 4) is 5.69 Å². The summed E-state index contributed by atoms with van der Waals surface area (Å²) in [7, 11) is 0. The summed E-state index contributed by atoms with van der Waals surface area (Å²) < 4.78 is 1.76. The van der Waals surface area contributed by atoms with Gasteiger partial charge in [0.1, 0.15) is 0 Å². The highest BCUT2D eigenvalue weighted by atomic mass is 16.1. The van der Waals surface area contributed by atoms with Crippen molar-refractivity contribution in [1.82, 2.24) is 9.78 Å². The van der Waals surface area contributed by atoms with Crippen LogP contribution in [0.15, 0.2) is 42.7 Å². The molecule has 1 unspecified atom stereocenters. The zero-order valence-electron chi connectivity index (χ0n) is 12.0. The third kappa shape index (κ3) is 3.70. The van der Waals surface area contributed by atoms with Gasteiger partial charge in [0.05, 0.1) is 11.4 Å². The van der Waals surface area contributed by atoms with E-state index < -0.39 is 0 Å². The molecule has 1 aromatic heterocycles. The Morgan fingerprint density at radius 2 is 2.15 bits per heavy atom. The van der Waals surface area contributed by atoms with Crippen molar-refractivity contribution in [2.45, 2.75) is 33.1 Å². The summed E-state index contributed by atoms with van der Waals surface area (Å²) in [5.41, 5.74) is 1.68. The van der Waals surface area contributed by atoms with E-state index in [1.54, 1.807) is 10.9 Å². The fourth-order valence-electron chi connectivity index (χ4n) is 2.30. The molecule has 4 heteroatoms. The molecule has 0 aliphatic rings. The van der Waals surface area contributed by atoms with Crippen molar-refractivity contribution in [2.24, 2.45) is 5.92 Å². The van der Waals surface area contributed by atoms with E-state index in [9.17, 15) is 4.79 Å². The lowest BCUT2D eigenvalue weighted by Gasteiger charge is -2.13. The Morgan fingerprint density at radius 1 is 1.35 bits per heavy atom. The number of anilines is 1. The SMILES string of the molecule is CCCC(C)CC(=O)Nc1ccccc1-n1cccn1. The van der Waals surface area contributed by atoms with E-state index >= 15 is 0 Å². The van der Waals surface area contributed by atoms with Crippen molar-refractivity contribution >= 4 is 11.6 Å². The number of rotatable bonds is 6. The summed E-state index contributed by atoms with van der Waals surface area (Å²) in [5.74, 6) is 0.474. The van der Waals surface area contributed by atoms with Crippen molar-refractivity contribution in [3.05, 3.63) is 42.7 Å². The highest BCUT2D eigenvalue weighted by Crippen LogP contribution is 2.20. The van der Waals surface area contributed by atoms with Crippen molar-refractivity contribution < 1.29 is 4.79 Å². The largest absolute Gasteiger partial charge is 0.324 e. The van der Waals surface area contributed by atoms with E-state index in [4.69, 9.17) is 0 Å². The predicted molar refractivity (Wildman–Crippen MR) is 80.9 cm³/mol. The first kappa shape index (κ1) is 14.3. The molecule has 4 nitrogen and oxygen atoms in total. The van der Waals surface area contributed by atoms with Gasteiger partial charge in [0.2, 0.25) is 5.91 Å². The summed E-state index contributed by atoms with van der Waals surface area (Å²) in [6, 6.07) is 9.56. The van der Waals surface area contributed by atoms with Crippen LogP contribution in [0.25, 0.3) is 5.69 Å². The molecule has 1 heterocycles. The Hall–Kier alpha value is -2.10. The van der Waals surface area contributed by atoms with E-state index in [0.29, 0.717) is 12.3 Å². The smallest absolute Gasteiger partial charge is 0.224 e. The van der Waals surface area contributed by atoms with Crippen LogP contribution in [-0.2, 0) is 4.79 Å². The summed E-state index contributed by atoms with van der Waals surface area (Å²) in [6.45, 7) is 4.25. The van der Waals surface area contributed by atoms with Gasteiger partial charge in [-0.2, -0.15) is 5.10 Å². The maximum atomic E-state index is 12.1. The Labute approximate surface area is 119 Å².